The van der Waals surface area contributed by atoms with Crippen LogP contribution in [0.5, 0.6) is 5.75 Å². The fourth-order valence-corrected chi connectivity index (χ4v) is 5.53. The standard InChI is InChI=1S/C25H23N5O4S3/c1-3-34-21(31)15-35-22-14-27-25(37-22)30-24(32)23-18(36-17-9-7-16(33-2)8-10-17)11-12-20(29-23)28-19-6-4-5-13-26-19/h4-14H,3,15H2,1-2H3,(H,26,28,29)(H,27,30,32). The second-order valence-electron chi connectivity index (χ2n) is 7.19. The second-order valence-corrected chi connectivity index (χ2v) is 10.6. The molecule has 0 fully saturated rings. The lowest BCUT2D eigenvalue weighted by molar-refractivity contribution is -0.139. The molecule has 3 heterocycles. The smallest absolute Gasteiger partial charge is 0.316 e. The number of hydrogen-bond donors (Lipinski definition) is 2. The van der Waals surface area contributed by atoms with Crippen LogP contribution in [0.2, 0.25) is 0 Å². The van der Waals surface area contributed by atoms with Crippen molar-refractivity contribution in [1.82, 2.24) is 15.0 Å². The molecular weight excluding hydrogens is 531 g/mol. The van der Waals surface area contributed by atoms with E-state index in [9.17, 15) is 9.59 Å². The van der Waals surface area contributed by atoms with Crippen molar-refractivity contribution >= 4 is 63.5 Å². The first-order valence-electron chi connectivity index (χ1n) is 11.1. The molecule has 4 aromatic rings. The first-order chi connectivity index (χ1) is 18.0. The number of ether oxygens (including phenoxy) is 2. The van der Waals surface area contributed by atoms with E-state index in [2.05, 4.69) is 25.6 Å². The zero-order valence-corrected chi connectivity index (χ0v) is 22.4. The number of amides is 1. The van der Waals surface area contributed by atoms with E-state index < -0.39 is 5.91 Å². The number of methoxy groups -OCH3 is 1. The average molecular weight is 554 g/mol. The molecule has 0 aliphatic heterocycles. The van der Waals surface area contributed by atoms with Crippen molar-refractivity contribution < 1.29 is 19.1 Å². The summed E-state index contributed by atoms with van der Waals surface area (Å²) in [4.78, 5) is 39.6. The van der Waals surface area contributed by atoms with Gasteiger partial charge in [-0.1, -0.05) is 29.2 Å². The molecule has 0 unspecified atom stereocenters. The molecule has 1 aromatic carbocycles. The van der Waals surface area contributed by atoms with Crippen molar-refractivity contribution in [2.24, 2.45) is 0 Å². The van der Waals surface area contributed by atoms with Gasteiger partial charge in [-0.05, 0) is 55.5 Å². The highest BCUT2D eigenvalue weighted by Crippen LogP contribution is 2.33. The molecule has 12 heteroatoms. The van der Waals surface area contributed by atoms with E-state index in [1.54, 1.807) is 32.5 Å². The molecule has 0 atom stereocenters. The van der Waals surface area contributed by atoms with Crippen LogP contribution in [0, 0.1) is 0 Å². The number of carbonyl (C=O) groups is 2. The third-order valence-electron chi connectivity index (χ3n) is 4.62. The fourth-order valence-electron chi connectivity index (χ4n) is 2.97. The molecule has 0 saturated heterocycles. The molecule has 190 valence electrons. The zero-order chi connectivity index (χ0) is 26.0. The fraction of sp³-hybridized carbons (Fsp3) is 0.160. The Balaban J connectivity index is 1.54. The summed E-state index contributed by atoms with van der Waals surface area (Å²) in [7, 11) is 1.61. The molecule has 0 radical (unpaired) electrons. The Labute approximate surface area is 226 Å². The lowest BCUT2D eigenvalue weighted by atomic mass is 10.3. The summed E-state index contributed by atoms with van der Waals surface area (Å²) in [5.41, 5.74) is 0.234. The molecule has 0 aliphatic carbocycles. The monoisotopic (exact) mass is 553 g/mol. The summed E-state index contributed by atoms with van der Waals surface area (Å²) in [5, 5.41) is 6.35. The van der Waals surface area contributed by atoms with Gasteiger partial charge >= 0.3 is 5.97 Å². The number of nitrogens with one attached hydrogen (secondary N) is 2. The minimum atomic E-state index is -0.406. The Morgan fingerprint density at radius 1 is 1.03 bits per heavy atom. The molecular formula is C25H23N5O4S3. The molecule has 0 spiro atoms. The van der Waals surface area contributed by atoms with Crippen molar-refractivity contribution in [3.63, 3.8) is 0 Å². The maximum Gasteiger partial charge on any atom is 0.316 e. The van der Waals surface area contributed by atoms with E-state index in [1.165, 1.54) is 34.9 Å². The van der Waals surface area contributed by atoms with E-state index in [1.807, 2.05) is 48.5 Å². The number of rotatable bonds is 11. The molecule has 4 rings (SSSR count). The van der Waals surface area contributed by atoms with E-state index >= 15 is 0 Å². The number of esters is 1. The van der Waals surface area contributed by atoms with E-state index in [0.29, 0.717) is 28.3 Å². The highest BCUT2D eigenvalue weighted by atomic mass is 32.2. The van der Waals surface area contributed by atoms with E-state index in [-0.39, 0.29) is 17.4 Å². The Hall–Kier alpha value is -3.61. The van der Waals surface area contributed by atoms with Crippen LogP contribution in [0.1, 0.15) is 17.4 Å². The SMILES string of the molecule is CCOC(=O)CSc1cnc(NC(=O)c2nc(Nc3ccccn3)ccc2Sc2ccc(OC)cc2)s1. The predicted molar refractivity (Wildman–Crippen MR) is 146 cm³/mol. The first-order valence-corrected chi connectivity index (χ1v) is 13.7. The first kappa shape index (κ1) is 26.5. The van der Waals surface area contributed by atoms with Crippen LogP contribution in [-0.4, -0.2) is 46.3 Å². The Kier molecular flexibility index (Phi) is 9.35. The number of hydrogen-bond acceptors (Lipinski definition) is 11. The lowest BCUT2D eigenvalue weighted by Gasteiger charge is -2.11. The highest BCUT2D eigenvalue weighted by Gasteiger charge is 2.18. The predicted octanol–water partition coefficient (Wildman–Crippen LogP) is 5.74. The molecule has 9 nitrogen and oxygen atoms in total. The molecule has 2 N–H and O–H groups in total. The number of thiazole rings is 1. The van der Waals surface area contributed by atoms with Gasteiger partial charge in [0, 0.05) is 16.0 Å². The van der Waals surface area contributed by atoms with Crippen LogP contribution in [0.3, 0.4) is 0 Å². The molecule has 3 aromatic heterocycles. The second kappa shape index (κ2) is 13.1. The van der Waals surface area contributed by atoms with Gasteiger partial charge in [-0.25, -0.2) is 15.0 Å². The number of thioether (sulfide) groups is 1. The Morgan fingerprint density at radius 2 is 1.86 bits per heavy atom. The molecule has 0 bridgehead atoms. The highest BCUT2D eigenvalue weighted by molar-refractivity contribution is 8.01. The van der Waals surface area contributed by atoms with Gasteiger partial charge in [0.15, 0.2) is 5.13 Å². The number of benzene rings is 1. The van der Waals surface area contributed by atoms with Gasteiger partial charge < -0.3 is 14.8 Å². The maximum atomic E-state index is 13.3. The summed E-state index contributed by atoms with van der Waals surface area (Å²) in [5.74, 6) is 1.31. The lowest BCUT2D eigenvalue weighted by Crippen LogP contribution is -2.15. The zero-order valence-electron chi connectivity index (χ0n) is 20.0. The van der Waals surface area contributed by atoms with Crippen LogP contribution in [0.15, 0.2) is 81.0 Å². The van der Waals surface area contributed by atoms with Gasteiger partial charge in [0.2, 0.25) is 0 Å². The van der Waals surface area contributed by atoms with Gasteiger partial charge in [0.1, 0.15) is 23.1 Å². The van der Waals surface area contributed by atoms with Gasteiger partial charge in [0.05, 0.1) is 29.9 Å². The van der Waals surface area contributed by atoms with Crippen LogP contribution in [-0.2, 0) is 9.53 Å². The minimum Gasteiger partial charge on any atom is -0.497 e. The molecule has 0 saturated carbocycles. The van der Waals surface area contributed by atoms with Crippen molar-refractivity contribution in [2.75, 3.05) is 30.1 Å². The van der Waals surface area contributed by atoms with Gasteiger partial charge in [-0.3, -0.25) is 14.9 Å². The van der Waals surface area contributed by atoms with Gasteiger partial charge in [0.25, 0.3) is 5.91 Å². The summed E-state index contributed by atoms with van der Waals surface area (Å²) in [6.45, 7) is 2.10. The normalized spacial score (nSPS) is 10.5. The van der Waals surface area contributed by atoms with Crippen molar-refractivity contribution in [2.45, 2.75) is 20.9 Å². The topological polar surface area (TPSA) is 115 Å². The van der Waals surface area contributed by atoms with Crippen molar-refractivity contribution in [3.05, 3.63) is 72.7 Å². The van der Waals surface area contributed by atoms with E-state index in [4.69, 9.17) is 9.47 Å². The summed E-state index contributed by atoms with van der Waals surface area (Å²) in [6, 6.07) is 16.7. The summed E-state index contributed by atoms with van der Waals surface area (Å²) in [6.07, 6.45) is 3.29. The summed E-state index contributed by atoms with van der Waals surface area (Å²) >= 11 is 4.00. The quantitative estimate of drug-likeness (QED) is 0.176. The molecule has 37 heavy (non-hydrogen) atoms. The summed E-state index contributed by atoms with van der Waals surface area (Å²) < 4.78 is 11.0. The number of anilines is 3. The largest absolute Gasteiger partial charge is 0.497 e. The molecule has 0 aliphatic rings. The Morgan fingerprint density at radius 3 is 2.59 bits per heavy atom. The van der Waals surface area contributed by atoms with Gasteiger partial charge in [-0.2, -0.15) is 0 Å². The van der Waals surface area contributed by atoms with Crippen molar-refractivity contribution in [3.8, 4) is 5.75 Å². The maximum absolute atomic E-state index is 13.3. The van der Waals surface area contributed by atoms with E-state index in [0.717, 1.165) is 14.9 Å². The number of aromatic nitrogens is 3. The number of nitrogens with zero attached hydrogens (tertiary/aromatic N) is 3. The van der Waals surface area contributed by atoms with Crippen LogP contribution in [0.4, 0.5) is 16.8 Å². The number of pyridine rings is 2. The average Bonchev–Trinajstić information content (AvgIpc) is 3.36. The van der Waals surface area contributed by atoms with Crippen molar-refractivity contribution in [1.29, 1.82) is 0 Å². The molecule has 1 amide bonds. The third-order valence-corrected chi connectivity index (χ3v) is 7.76. The third kappa shape index (κ3) is 7.68. The van der Waals surface area contributed by atoms with Crippen LogP contribution >= 0.6 is 34.9 Å². The minimum absolute atomic E-state index is 0.175. The van der Waals surface area contributed by atoms with Crippen LogP contribution < -0.4 is 15.4 Å². The van der Waals surface area contributed by atoms with Crippen LogP contribution in [0.25, 0.3) is 0 Å². The van der Waals surface area contributed by atoms with Gasteiger partial charge in [-0.15, -0.1) is 11.8 Å². The Bertz CT molecular complexity index is 1350. The number of carbonyl (C=O) groups excluding carboxylic acids is 2.